The van der Waals surface area contributed by atoms with Crippen LogP contribution >= 0.6 is 0 Å². The van der Waals surface area contributed by atoms with E-state index in [1.165, 1.54) is 11.8 Å². The number of anilines is 2. The number of benzene rings is 1. The molecule has 0 spiro atoms. The predicted molar refractivity (Wildman–Crippen MR) is 175 cm³/mol. The summed E-state index contributed by atoms with van der Waals surface area (Å²) in [6, 6.07) is 23.3. The summed E-state index contributed by atoms with van der Waals surface area (Å²) in [5, 5.41) is 12.5. The molecule has 0 aliphatic carbocycles. The highest BCUT2D eigenvalue weighted by molar-refractivity contribution is 5.84. The van der Waals surface area contributed by atoms with E-state index < -0.39 is 6.86 Å². The van der Waals surface area contributed by atoms with Gasteiger partial charge in [0.1, 0.15) is 29.0 Å². The lowest BCUT2D eigenvalue weighted by molar-refractivity contribution is 0.191. The molecule has 0 unspecified atom stereocenters. The van der Waals surface area contributed by atoms with Crippen molar-refractivity contribution in [3.8, 4) is 40.3 Å². The summed E-state index contributed by atoms with van der Waals surface area (Å²) in [7, 11) is 0. The Kier molecular flexibility index (Phi) is 8.31. The third kappa shape index (κ3) is 6.40. The smallest absolute Gasteiger partial charge is 0.234 e. The van der Waals surface area contributed by atoms with Gasteiger partial charge in [0.2, 0.25) is 12.7 Å². The zero-order valence-corrected chi connectivity index (χ0v) is 25.3. The number of likely N-dealkylation sites (tertiary alicyclic amines) is 1. The summed E-state index contributed by atoms with van der Waals surface area (Å²) in [6.07, 6.45) is 6.66. The summed E-state index contributed by atoms with van der Waals surface area (Å²) in [6.45, 7) is 1.78. The Morgan fingerprint density at radius 1 is 0.915 bits per heavy atom. The fourth-order valence-electron chi connectivity index (χ4n) is 5.76. The molecule has 0 atom stereocenters. The molecule has 3 N–H and O–H groups in total. The van der Waals surface area contributed by atoms with Gasteiger partial charge in [0, 0.05) is 43.8 Å². The summed E-state index contributed by atoms with van der Waals surface area (Å²) in [4.78, 5) is 29.2. The van der Waals surface area contributed by atoms with Gasteiger partial charge in [0.05, 0.1) is 23.1 Å². The lowest BCUT2D eigenvalue weighted by atomic mass is 10.0. The van der Waals surface area contributed by atoms with Crippen molar-refractivity contribution in [2.24, 2.45) is 0 Å². The quantitative estimate of drug-likeness (QED) is 0.218. The minimum absolute atomic E-state index is 0.167. The van der Waals surface area contributed by atoms with Crippen molar-refractivity contribution in [1.82, 2.24) is 39.4 Å². The molecule has 47 heavy (non-hydrogen) atoms. The average Bonchev–Trinajstić information content (AvgIpc) is 3.49. The molecule has 7 rings (SSSR count). The third-order valence-electron chi connectivity index (χ3n) is 8.10. The van der Waals surface area contributed by atoms with E-state index in [0.717, 1.165) is 38.2 Å². The van der Waals surface area contributed by atoms with Gasteiger partial charge in [-0.1, -0.05) is 12.1 Å². The minimum Gasteiger partial charge on any atom is -0.461 e. The van der Waals surface area contributed by atoms with E-state index in [4.69, 9.17) is 25.7 Å². The van der Waals surface area contributed by atoms with Crippen LogP contribution in [0.4, 0.5) is 16.0 Å². The SMILES string of the molecule is N#Cc1nccc(NC2CCN(Cc3ccc(-n4c(-c5cccnc5N)nc5ccc(-c6ccc(OCF)cn6)nc54)cc3)CC2)n1. The summed E-state index contributed by atoms with van der Waals surface area (Å²) in [5.74, 6) is 2.19. The lowest BCUT2D eigenvalue weighted by Gasteiger charge is -2.32. The number of nitriles is 1. The van der Waals surface area contributed by atoms with Gasteiger partial charge in [-0.15, -0.1) is 0 Å². The lowest BCUT2D eigenvalue weighted by Crippen LogP contribution is -2.38. The fourth-order valence-corrected chi connectivity index (χ4v) is 5.76. The number of rotatable bonds is 9. The number of imidazole rings is 1. The first-order valence-corrected chi connectivity index (χ1v) is 15.1. The molecule has 5 aromatic heterocycles. The molecule has 234 valence electrons. The van der Waals surface area contributed by atoms with Gasteiger partial charge in [-0.2, -0.15) is 5.26 Å². The number of piperidine rings is 1. The highest BCUT2D eigenvalue weighted by Gasteiger charge is 2.21. The summed E-state index contributed by atoms with van der Waals surface area (Å²) >= 11 is 0. The van der Waals surface area contributed by atoms with Crippen LogP contribution in [0.2, 0.25) is 0 Å². The second-order valence-corrected chi connectivity index (χ2v) is 11.1. The van der Waals surface area contributed by atoms with Gasteiger partial charge in [-0.05, 0) is 73.0 Å². The summed E-state index contributed by atoms with van der Waals surface area (Å²) in [5.41, 5.74) is 11.7. The van der Waals surface area contributed by atoms with Crippen LogP contribution in [-0.4, -0.2) is 65.4 Å². The Morgan fingerprint density at radius 2 is 1.74 bits per heavy atom. The number of alkyl halides is 1. The van der Waals surface area contributed by atoms with Gasteiger partial charge in [0.25, 0.3) is 0 Å². The number of nitrogens with zero attached hydrogens (tertiary/aromatic N) is 9. The normalized spacial score (nSPS) is 13.8. The Balaban J connectivity index is 1.13. The maximum atomic E-state index is 12.6. The zero-order chi connectivity index (χ0) is 32.2. The van der Waals surface area contributed by atoms with Crippen LogP contribution in [-0.2, 0) is 6.54 Å². The van der Waals surface area contributed by atoms with Crippen molar-refractivity contribution in [2.75, 3.05) is 31.0 Å². The van der Waals surface area contributed by atoms with E-state index in [2.05, 4.69) is 54.4 Å². The van der Waals surface area contributed by atoms with Gasteiger partial charge in [-0.3, -0.25) is 14.5 Å². The molecule has 13 heteroatoms. The molecule has 0 saturated carbocycles. The van der Waals surface area contributed by atoms with Crippen molar-refractivity contribution in [3.63, 3.8) is 0 Å². The highest BCUT2D eigenvalue weighted by Crippen LogP contribution is 2.32. The maximum Gasteiger partial charge on any atom is 0.234 e. The first kappa shape index (κ1) is 29.7. The monoisotopic (exact) mass is 627 g/mol. The largest absolute Gasteiger partial charge is 0.461 e. The molecule has 12 nitrogen and oxygen atoms in total. The molecule has 1 fully saturated rings. The highest BCUT2D eigenvalue weighted by atomic mass is 19.1. The molecule has 0 bridgehead atoms. The van der Waals surface area contributed by atoms with Crippen LogP contribution in [0, 0.1) is 11.3 Å². The molecule has 0 amide bonds. The van der Waals surface area contributed by atoms with Crippen molar-refractivity contribution >= 4 is 22.8 Å². The predicted octanol–water partition coefficient (Wildman–Crippen LogP) is 5.17. The van der Waals surface area contributed by atoms with Crippen molar-refractivity contribution < 1.29 is 9.13 Å². The number of pyridine rings is 3. The van der Waals surface area contributed by atoms with Crippen molar-refractivity contribution in [1.29, 1.82) is 5.26 Å². The molecule has 6 aromatic rings. The molecule has 0 radical (unpaired) electrons. The van der Waals surface area contributed by atoms with Gasteiger partial charge in [-0.25, -0.2) is 29.3 Å². The van der Waals surface area contributed by atoms with Crippen LogP contribution in [0.3, 0.4) is 0 Å². The van der Waals surface area contributed by atoms with E-state index >= 15 is 0 Å². The van der Waals surface area contributed by atoms with E-state index in [1.54, 1.807) is 30.6 Å². The minimum atomic E-state index is -0.921. The average molecular weight is 628 g/mol. The van der Waals surface area contributed by atoms with Crippen LogP contribution in [0.5, 0.6) is 5.75 Å². The van der Waals surface area contributed by atoms with Crippen LogP contribution < -0.4 is 15.8 Å². The van der Waals surface area contributed by atoms with Gasteiger partial charge >= 0.3 is 0 Å². The molecule has 1 aliphatic rings. The van der Waals surface area contributed by atoms with Gasteiger partial charge < -0.3 is 15.8 Å². The molecule has 6 heterocycles. The van der Waals surface area contributed by atoms with E-state index in [9.17, 15) is 4.39 Å². The Hall–Kier alpha value is -6.00. The number of halogens is 1. The number of nitrogens with two attached hydrogens (primary N) is 1. The second kappa shape index (κ2) is 13.2. The Morgan fingerprint density at radius 3 is 2.49 bits per heavy atom. The molecule has 1 aromatic carbocycles. The number of aromatic nitrogens is 7. The summed E-state index contributed by atoms with van der Waals surface area (Å²) < 4.78 is 19.5. The number of ether oxygens (including phenoxy) is 1. The van der Waals surface area contributed by atoms with Gasteiger partial charge in [0.15, 0.2) is 11.5 Å². The first-order chi connectivity index (χ1) is 23.1. The Bertz CT molecular complexity index is 2050. The van der Waals surface area contributed by atoms with Crippen molar-refractivity contribution in [3.05, 3.63) is 96.7 Å². The first-order valence-electron chi connectivity index (χ1n) is 15.1. The third-order valence-corrected chi connectivity index (χ3v) is 8.10. The number of fused-ring (bicyclic) bond motifs is 1. The fraction of sp³-hybridized carbons (Fsp3) is 0.206. The van der Waals surface area contributed by atoms with Crippen LogP contribution in [0.1, 0.15) is 24.2 Å². The second-order valence-electron chi connectivity index (χ2n) is 11.1. The van der Waals surface area contributed by atoms with Crippen LogP contribution in [0.25, 0.3) is 39.6 Å². The molecule has 1 saturated heterocycles. The number of nitrogens with one attached hydrogen (secondary N) is 1. The van der Waals surface area contributed by atoms with E-state index in [1.807, 2.05) is 34.9 Å². The zero-order valence-electron chi connectivity index (χ0n) is 25.3. The molecule has 1 aliphatic heterocycles. The topological polar surface area (TPSA) is 157 Å². The number of nitrogen functional groups attached to an aromatic ring is 1. The van der Waals surface area contributed by atoms with E-state index in [-0.39, 0.29) is 11.9 Å². The molecular weight excluding hydrogens is 597 g/mol. The van der Waals surface area contributed by atoms with Crippen molar-refractivity contribution in [2.45, 2.75) is 25.4 Å². The number of hydrogen-bond acceptors (Lipinski definition) is 11. The molecular formula is C34H30FN11O. The number of hydrogen-bond donors (Lipinski definition) is 2. The maximum absolute atomic E-state index is 12.6. The standard InChI is InChI=1S/C34H30FN11O/c35-21-47-25-7-8-27(40-19-25)28-9-10-29-34(42-28)46(33(43-29)26-2-1-14-39-32(26)37)24-5-3-22(4-6-24)20-45-16-12-23(13-17-45)41-30-11-15-38-31(18-36)44-30/h1-11,14-15,19,23H,12-13,16-17,20-21H2,(H2,37,39)(H,38,41,44). The van der Waals surface area contributed by atoms with Crippen LogP contribution in [0.15, 0.2) is 85.3 Å². The van der Waals surface area contributed by atoms with E-state index in [0.29, 0.717) is 51.3 Å². The Labute approximate surface area is 269 Å².